The van der Waals surface area contributed by atoms with Gasteiger partial charge in [0.15, 0.2) is 0 Å². The third kappa shape index (κ3) is 4.74. The Morgan fingerprint density at radius 1 is 1.53 bits per heavy atom. The third-order valence-corrected chi connectivity index (χ3v) is 4.65. The Kier molecular flexibility index (Phi) is 5.34. The Hall–Kier alpha value is -0.660. The molecule has 0 aromatic heterocycles. The molecule has 112 valence electrons. The molecule has 2 unspecified atom stereocenters. The Morgan fingerprint density at radius 3 is 2.68 bits per heavy atom. The Balaban J connectivity index is 2.59. The number of hydrogen-bond acceptors (Lipinski definition) is 4. The summed E-state index contributed by atoms with van der Waals surface area (Å²) in [5.74, 6) is -0.320. The molecular formula is C12H24N2O4S. The summed E-state index contributed by atoms with van der Waals surface area (Å²) >= 11 is 0. The van der Waals surface area contributed by atoms with Gasteiger partial charge in [-0.3, -0.25) is 4.79 Å². The maximum Gasteiger partial charge on any atom is 0.238 e. The van der Waals surface area contributed by atoms with E-state index < -0.39 is 21.7 Å². The third-order valence-electron chi connectivity index (χ3n) is 3.36. The second-order valence-corrected chi connectivity index (χ2v) is 7.43. The molecule has 0 aromatic rings. The van der Waals surface area contributed by atoms with Crippen molar-refractivity contribution in [2.45, 2.75) is 51.2 Å². The summed E-state index contributed by atoms with van der Waals surface area (Å²) in [6.07, 6.45) is 3.76. The summed E-state index contributed by atoms with van der Waals surface area (Å²) in [6.45, 7) is 4.16. The van der Waals surface area contributed by atoms with Crippen LogP contribution in [0.3, 0.4) is 0 Å². The summed E-state index contributed by atoms with van der Waals surface area (Å²) in [7, 11) is -3.35. The van der Waals surface area contributed by atoms with Gasteiger partial charge in [0.2, 0.25) is 15.9 Å². The molecule has 0 aliphatic carbocycles. The van der Waals surface area contributed by atoms with E-state index in [1.165, 1.54) is 4.31 Å². The van der Waals surface area contributed by atoms with E-state index in [0.717, 1.165) is 12.7 Å². The van der Waals surface area contributed by atoms with Crippen molar-refractivity contribution in [2.24, 2.45) is 0 Å². The summed E-state index contributed by atoms with van der Waals surface area (Å²) in [6, 6.07) is -0.632. The zero-order valence-electron chi connectivity index (χ0n) is 11.8. The van der Waals surface area contributed by atoms with Gasteiger partial charge in [-0.05, 0) is 26.2 Å². The van der Waals surface area contributed by atoms with Crippen LogP contribution in [0.5, 0.6) is 0 Å². The SMILES string of the molecule is CCCC(C)(O)CNC(=O)C1CCCN1S(C)(=O)=O. The largest absolute Gasteiger partial charge is 0.388 e. The van der Waals surface area contributed by atoms with Crippen LogP contribution >= 0.6 is 0 Å². The lowest BCUT2D eigenvalue weighted by Gasteiger charge is -2.26. The van der Waals surface area contributed by atoms with E-state index in [2.05, 4.69) is 5.32 Å². The maximum absolute atomic E-state index is 12.0. The second-order valence-electron chi connectivity index (χ2n) is 5.50. The van der Waals surface area contributed by atoms with Gasteiger partial charge in [0.1, 0.15) is 6.04 Å². The van der Waals surface area contributed by atoms with Gasteiger partial charge in [0.05, 0.1) is 11.9 Å². The predicted molar refractivity (Wildman–Crippen MR) is 73.1 cm³/mol. The molecule has 6 nitrogen and oxygen atoms in total. The number of sulfonamides is 1. The van der Waals surface area contributed by atoms with Gasteiger partial charge >= 0.3 is 0 Å². The van der Waals surface area contributed by atoms with E-state index in [9.17, 15) is 18.3 Å². The monoisotopic (exact) mass is 292 g/mol. The van der Waals surface area contributed by atoms with Gasteiger partial charge in [-0.1, -0.05) is 13.3 Å². The van der Waals surface area contributed by atoms with Crippen molar-refractivity contribution >= 4 is 15.9 Å². The Morgan fingerprint density at radius 2 is 2.16 bits per heavy atom. The van der Waals surface area contributed by atoms with Crippen LogP contribution < -0.4 is 5.32 Å². The van der Waals surface area contributed by atoms with Crippen LogP contribution in [-0.4, -0.2) is 54.7 Å². The minimum absolute atomic E-state index is 0.147. The van der Waals surface area contributed by atoms with Crippen LogP contribution in [0.15, 0.2) is 0 Å². The summed E-state index contributed by atoms with van der Waals surface area (Å²) in [4.78, 5) is 12.0. The fraction of sp³-hybridized carbons (Fsp3) is 0.917. The molecule has 1 rings (SSSR count). The van der Waals surface area contributed by atoms with E-state index >= 15 is 0 Å². The van der Waals surface area contributed by atoms with E-state index in [4.69, 9.17) is 0 Å². The average molecular weight is 292 g/mol. The van der Waals surface area contributed by atoms with Crippen molar-refractivity contribution in [3.05, 3.63) is 0 Å². The van der Waals surface area contributed by atoms with Crippen LogP contribution in [0.2, 0.25) is 0 Å². The molecule has 2 N–H and O–H groups in total. The second kappa shape index (κ2) is 6.19. The van der Waals surface area contributed by atoms with E-state index in [0.29, 0.717) is 25.8 Å². The lowest BCUT2D eigenvalue weighted by molar-refractivity contribution is -0.125. The molecule has 1 heterocycles. The van der Waals surface area contributed by atoms with Crippen molar-refractivity contribution in [3.8, 4) is 0 Å². The minimum atomic E-state index is -3.35. The van der Waals surface area contributed by atoms with E-state index in [1.807, 2.05) is 6.92 Å². The standard InChI is InChI=1S/C12H24N2O4S/c1-4-7-12(2,16)9-13-11(15)10-6-5-8-14(10)19(3,17)18/h10,16H,4-9H2,1-3H3,(H,13,15). The van der Waals surface area contributed by atoms with Gasteiger partial charge in [-0.25, -0.2) is 8.42 Å². The maximum atomic E-state index is 12.0. The topological polar surface area (TPSA) is 86.7 Å². The molecule has 0 radical (unpaired) electrons. The van der Waals surface area contributed by atoms with Crippen molar-refractivity contribution in [2.75, 3.05) is 19.3 Å². The molecule has 0 spiro atoms. The molecule has 1 fully saturated rings. The molecule has 1 aliphatic heterocycles. The van der Waals surface area contributed by atoms with Crippen LogP contribution in [-0.2, 0) is 14.8 Å². The molecule has 1 aliphatic rings. The van der Waals surface area contributed by atoms with Crippen LogP contribution in [0, 0.1) is 0 Å². The predicted octanol–water partition coefficient (Wildman–Crippen LogP) is 0.0777. The fourth-order valence-corrected chi connectivity index (χ4v) is 3.55. The molecule has 2 atom stereocenters. The number of amides is 1. The molecule has 0 bridgehead atoms. The summed E-state index contributed by atoms with van der Waals surface area (Å²) < 4.78 is 24.3. The highest BCUT2D eigenvalue weighted by Gasteiger charge is 2.36. The van der Waals surface area contributed by atoms with Gasteiger partial charge < -0.3 is 10.4 Å². The highest BCUT2D eigenvalue weighted by atomic mass is 32.2. The van der Waals surface area contributed by atoms with Crippen LogP contribution in [0.4, 0.5) is 0 Å². The first-order valence-electron chi connectivity index (χ1n) is 6.64. The lowest BCUT2D eigenvalue weighted by atomic mass is 10.0. The lowest BCUT2D eigenvalue weighted by Crippen LogP contribution is -2.49. The number of hydrogen-bond donors (Lipinski definition) is 2. The molecule has 1 amide bonds. The first-order chi connectivity index (χ1) is 8.67. The Bertz CT molecular complexity index is 419. The smallest absolute Gasteiger partial charge is 0.238 e. The number of rotatable bonds is 6. The van der Waals surface area contributed by atoms with Gasteiger partial charge in [-0.2, -0.15) is 4.31 Å². The zero-order chi connectivity index (χ0) is 14.7. The highest BCUT2D eigenvalue weighted by molar-refractivity contribution is 7.88. The first kappa shape index (κ1) is 16.4. The Labute approximate surface area is 115 Å². The molecular weight excluding hydrogens is 268 g/mol. The van der Waals surface area contributed by atoms with Gasteiger partial charge in [0, 0.05) is 13.1 Å². The molecule has 0 aromatic carbocycles. The number of aliphatic hydroxyl groups is 1. The number of nitrogens with zero attached hydrogens (tertiary/aromatic N) is 1. The van der Waals surface area contributed by atoms with Gasteiger partial charge in [-0.15, -0.1) is 0 Å². The molecule has 19 heavy (non-hydrogen) atoms. The quantitative estimate of drug-likeness (QED) is 0.726. The molecule has 7 heteroatoms. The van der Waals surface area contributed by atoms with Crippen molar-refractivity contribution < 1.29 is 18.3 Å². The van der Waals surface area contributed by atoms with Crippen molar-refractivity contribution in [1.29, 1.82) is 0 Å². The summed E-state index contributed by atoms with van der Waals surface area (Å²) in [5, 5.41) is 12.6. The number of nitrogens with one attached hydrogen (secondary N) is 1. The van der Waals surface area contributed by atoms with Crippen molar-refractivity contribution in [3.63, 3.8) is 0 Å². The first-order valence-corrected chi connectivity index (χ1v) is 8.49. The average Bonchev–Trinajstić information content (AvgIpc) is 2.74. The summed E-state index contributed by atoms with van der Waals surface area (Å²) in [5.41, 5.74) is -0.946. The van der Waals surface area contributed by atoms with Gasteiger partial charge in [0.25, 0.3) is 0 Å². The van der Waals surface area contributed by atoms with Crippen molar-refractivity contribution in [1.82, 2.24) is 9.62 Å². The van der Waals surface area contributed by atoms with Crippen LogP contribution in [0.1, 0.15) is 39.5 Å². The van der Waals surface area contributed by atoms with Crippen LogP contribution in [0.25, 0.3) is 0 Å². The molecule has 0 saturated carbocycles. The fourth-order valence-electron chi connectivity index (χ4n) is 2.42. The zero-order valence-corrected chi connectivity index (χ0v) is 12.7. The van der Waals surface area contributed by atoms with E-state index in [1.54, 1.807) is 6.92 Å². The number of carbonyl (C=O) groups excluding carboxylic acids is 1. The van der Waals surface area contributed by atoms with E-state index in [-0.39, 0.29) is 12.5 Å². The normalized spacial score (nSPS) is 24.1. The highest BCUT2D eigenvalue weighted by Crippen LogP contribution is 2.20. The number of carbonyl (C=O) groups is 1. The minimum Gasteiger partial charge on any atom is -0.388 e. The molecule has 1 saturated heterocycles.